The first-order valence-electron chi connectivity index (χ1n) is 4.91. The van der Waals surface area contributed by atoms with E-state index in [0.717, 1.165) is 12.8 Å². The Balaban J connectivity index is 3.65. The van der Waals surface area contributed by atoms with Crippen molar-refractivity contribution < 1.29 is 19.3 Å². The zero-order valence-electron chi connectivity index (χ0n) is 9.62. The third kappa shape index (κ3) is 7.86. The van der Waals surface area contributed by atoms with Gasteiger partial charge in [0.25, 0.3) is 0 Å². The molecule has 0 N–H and O–H groups in total. The second kappa shape index (κ2) is 5.86. The molecule has 0 saturated heterocycles. The summed E-state index contributed by atoms with van der Waals surface area (Å²) in [7, 11) is 0. The summed E-state index contributed by atoms with van der Waals surface area (Å²) in [4.78, 5) is 20.3. The van der Waals surface area contributed by atoms with Crippen LogP contribution in [-0.4, -0.2) is 17.9 Å². The van der Waals surface area contributed by atoms with Gasteiger partial charge in [0.15, 0.2) is 0 Å². The number of ether oxygens (including phenoxy) is 1. The highest BCUT2D eigenvalue weighted by Crippen LogP contribution is 2.09. The van der Waals surface area contributed by atoms with Crippen LogP contribution in [-0.2, 0) is 14.5 Å². The Bertz CT molecular complexity index is 171. The van der Waals surface area contributed by atoms with Crippen molar-refractivity contribution in [3.63, 3.8) is 0 Å². The molecule has 0 bridgehead atoms. The van der Waals surface area contributed by atoms with Crippen molar-refractivity contribution in [2.75, 3.05) is 0 Å². The predicted octanol–water partition coefficient (Wildman–Crippen LogP) is 3.06. The third-order valence-electron chi connectivity index (χ3n) is 1.35. The molecule has 0 aliphatic carbocycles. The minimum absolute atomic E-state index is 0.129. The fraction of sp³-hybridized carbons (Fsp3) is 0.900. The van der Waals surface area contributed by atoms with Crippen molar-refractivity contribution in [1.82, 2.24) is 0 Å². The first kappa shape index (κ1) is 13.2. The number of hydrogen-bond acceptors (Lipinski definition) is 4. The molecule has 0 amide bonds. The van der Waals surface area contributed by atoms with E-state index >= 15 is 0 Å². The van der Waals surface area contributed by atoms with Gasteiger partial charge in [-0.2, -0.15) is 4.89 Å². The highest BCUT2D eigenvalue weighted by Gasteiger charge is 2.17. The van der Waals surface area contributed by atoms with E-state index < -0.39 is 11.8 Å². The SMILES string of the molecule is CCCC(C)OC(=O)OOC(C)(C)C. The van der Waals surface area contributed by atoms with Crippen molar-refractivity contribution in [2.45, 2.75) is 59.2 Å². The average molecular weight is 204 g/mol. The van der Waals surface area contributed by atoms with E-state index in [2.05, 4.69) is 4.89 Å². The molecule has 84 valence electrons. The minimum atomic E-state index is -0.777. The van der Waals surface area contributed by atoms with Crippen LogP contribution in [0.2, 0.25) is 0 Å². The van der Waals surface area contributed by atoms with E-state index in [1.807, 2.05) is 13.8 Å². The topological polar surface area (TPSA) is 44.8 Å². The summed E-state index contributed by atoms with van der Waals surface area (Å²) in [5.41, 5.74) is -0.507. The molecule has 0 aromatic heterocycles. The lowest BCUT2D eigenvalue weighted by Gasteiger charge is -2.17. The lowest BCUT2D eigenvalue weighted by Crippen LogP contribution is -2.24. The van der Waals surface area contributed by atoms with Gasteiger partial charge in [-0.25, -0.2) is 4.79 Å². The van der Waals surface area contributed by atoms with Gasteiger partial charge in [0.05, 0.1) is 0 Å². The fourth-order valence-electron chi connectivity index (χ4n) is 0.808. The van der Waals surface area contributed by atoms with Gasteiger partial charge in [-0.3, -0.25) is 4.89 Å². The maximum absolute atomic E-state index is 11.0. The van der Waals surface area contributed by atoms with E-state index in [-0.39, 0.29) is 6.10 Å². The van der Waals surface area contributed by atoms with Gasteiger partial charge in [0, 0.05) is 0 Å². The molecule has 0 aliphatic rings. The van der Waals surface area contributed by atoms with Gasteiger partial charge in [0.1, 0.15) is 11.7 Å². The molecule has 0 heterocycles. The summed E-state index contributed by atoms with van der Waals surface area (Å²) in [5, 5.41) is 0. The Kier molecular flexibility index (Phi) is 5.53. The molecule has 0 radical (unpaired) electrons. The maximum Gasteiger partial charge on any atom is 0.540 e. The fourth-order valence-corrected chi connectivity index (χ4v) is 0.808. The van der Waals surface area contributed by atoms with Crippen LogP contribution in [0.4, 0.5) is 4.79 Å². The lowest BCUT2D eigenvalue weighted by molar-refractivity contribution is -0.313. The van der Waals surface area contributed by atoms with Crippen LogP contribution in [0.5, 0.6) is 0 Å². The van der Waals surface area contributed by atoms with Crippen LogP contribution in [0, 0.1) is 0 Å². The van der Waals surface area contributed by atoms with Crippen molar-refractivity contribution in [3.8, 4) is 0 Å². The number of hydrogen-bond donors (Lipinski definition) is 0. The second-order valence-corrected chi connectivity index (χ2v) is 4.25. The zero-order chi connectivity index (χ0) is 11.2. The van der Waals surface area contributed by atoms with Crippen molar-refractivity contribution in [2.24, 2.45) is 0 Å². The van der Waals surface area contributed by atoms with Crippen LogP contribution in [0.3, 0.4) is 0 Å². The molecular formula is C10H20O4. The van der Waals surface area contributed by atoms with Gasteiger partial charge in [-0.05, 0) is 34.1 Å². The number of carbonyl (C=O) groups is 1. The highest BCUT2D eigenvalue weighted by molar-refractivity contribution is 5.59. The highest BCUT2D eigenvalue weighted by atomic mass is 17.2. The van der Waals surface area contributed by atoms with Crippen LogP contribution < -0.4 is 0 Å². The average Bonchev–Trinajstić information content (AvgIpc) is 2.00. The number of carbonyl (C=O) groups excluding carboxylic acids is 1. The first-order chi connectivity index (χ1) is 6.35. The van der Waals surface area contributed by atoms with Gasteiger partial charge < -0.3 is 4.74 Å². The normalized spacial score (nSPS) is 13.5. The summed E-state index contributed by atoms with van der Waals surface area (Å²) in [6, 6.07) is 0. The Morgan fingerprint density at radius 1 is 1.36 bits per heavy atom. The molecule has 0 saturated carbocycles. The molecule has 14 heavy (non-hydrogen) atoms. The lowest BCUT2D eigenvalue weighted by atomic mass is 10.2. The van der Waals surface area contributed by atoms with E-state index in [0.29, 0.717) is 0 Å². The predicted molar refractivity (Wildman–Crippen MR) is 52.8 cm³/mol. The number of rotatable bonds is 4. The Labute approximate surface area is 85.5 Å². The summed E-state index contributed by atoms with van der Waals surface area (Å²) in [6.45, 7) is 9.21. The molecule has 0 aromatic carbocycles. The largest absolute Gasteiger partial charge is 0.540 e. The Morgan fingerprint density at radius 3 is 2.36 bits per heavy atom. The van der Waals surface area contributed by atoms with E-state index in [1.165, 1.54) is 0 Å². The first-order valence-corrected chi connectivity index (χ1v) is 4.91. The molecule has 1 unspecified atom stereocenters. The van der Waals surface area contributed by atoms with Gasteiger partial charge >= 0.3 is 6.16 Å². The van der Waals surface area contributed by atoms with Crippen LogP contribution in [0.25, 0.3) is 0 Å². The summed E-state index contributed by atoms with van der Waals surface area (Å²) >= 11 is 0. The van der Waals surface area contributed by atoms with E-state index in [4.69, 9.17) is 9.62 Å². The molecule has 0 aliphatic heterocycles. The van der Waals surface area contributed by atoms with Crippen LogP contribution >= 0.6 is 0 Å². The Morgan fingerprint density at radius 2 is 1.93 bits per heavy atom. The minimum Gasteiger partial charge on any atom is -0.429 e. The smallest absolute Gasteiger partial charge is 0.429 e. The van der Waals surface area contributed by atoms with Gasteiger partial charge in [0.2, 0.25) is 0 Å². The van der Waals surface area contributed by atoms with Crippen LogP contribution in [0.15, 0.2) is 0 Å². The maximum atomic E-state index is 11.0. The Hall–Kier alpha value is -0.770. The molecule has 4 heteroatoms. The third-order valence-corrected chi connectivity index (χ3v) is 1.35. The van der Waals surface area contributed by atoms with E-state index in [9.17, 15) is 4.79 Å². The van der Waals surface area contributed by atoms with Crippen molar-refractivity contribution in [1.29, 1.82) is 0 Å². The molecule has 0 fully saturated rings. The van der Waals surface area contributed by atoms with Crippen LogP contribution in [0.1, 0.15) is 47.5 Å². The standard InChI is InChI=1S/C10H20O4/c1-6-7-8(2)12-9(11)13-14-10(3,4)5/h8H,6-7H2,1-5H3. The second-order valence-electron chi connectivity index (χ2n) is 4.25. The molecular weight excluding hydrogens is 184 g/mol. The van der Waals surface area contributed by atoms with Gasteiger partial charge in [-0.15, -0.1) is 0 Å². The molecule has 0 aromatic rings. The summed E-state index contributed by atoms with van der Waals surface area (Å²) in [6.07, 6.45) is 0.885. The van der Waals surface area contributed by atoms with Crippen molar-refractivity contribution >= 4 is 6.16 Å². The summed E-state index contributed by atoms with van der Waals surface area (Å²) < 4.78 is 4.90. The molecule has 0 spiro atoms. The van der Waals surface area contributed by atoms with Crippen molar-refractivity contribution in [3.05, 3.63) is 0 Å². The molecule has 4 nitrogen and oxygen atoms in total. The quantitative estimate of drug-likeness (QED) is 0.401. The van der Waals surface area contributed by atoms with Gasteiger partial charge in [-0.1, -0.05) is 13.3 Å². The molecule has 1 atom stereocenters. The summed E-state index contributed by atoms with van der Waals surface area (Å²) in [5.74, 6) is 0. The van der Waals surface area contributed by atoms with E-state index in [1.54, 1.807) is 20.8 Å². The molecule has 0 rings (SSSR count). The monoisotopic (exact) mass is 204 g/mol. The zero-order valence-corrected chi connectivity index (χ0v) is 9.62.